The third kappa shape index (κ3) is 1.21. The molecular weight excluding hydrogens is 158 g/mol. The molecule has 1 nitrogen and oxygen atoms in total. The van der Waals surface area contributed by atoms with Gasteiger partial charge in [-0.15, -0.1) is 0 Å². The van der Waals surface area contributed by atoms with E-state index in [-0.39, 0.29) is 0 Å². The minimum Gasteiger partial charge on any atom is -0.362 e. The summed E-state index contributed by atoms with van der Waals surface area (Å²) >= 11 is 0. The van der Waals surface area contributed by atoms with Crippen molar-refractivity contribution in [2.75, 3.05) is 0 Å². The minimum atomic E-state index is 0.880. The lowest BCUT2D eigenvalue weighted by Gasteiger charge is -2.24. The molecule has 0 saturated heterocycles. The van der Waals surface area contributed by atoms with Gasteiger partial charge in [-0.05, 0) is 56.1 Å². The maximum Gasteiger partial charge on any atom is 0.0183 e. The number of H-pyrrole nitrogens is 1. The smallest absolute Gasteiger partial charge is 0.0183 e. The van der Waals surface area contributed by atoms with Crippen molar-refractivity contribution in [3.8, 4) is 0 Å². The number of aryl methyl sites for hydroxylation is 2. The molecule has 0 unspecified atom stereocenters. The van der Waals surface area contributed by atoms with Crippen LogP contribution in [0.5, 0.6) is 0 Å². The molecular formula is C12H17N. The van der Waals surface area contributed by atoms with Gasteiger partial charge in [0.15, 0.2) is 0 Å². The van der Waals surface area contributed by atoms with Gasteiger partial charge in [-0.1, -0.05) is 6.42 Å². The van der Waals surface area contributed by atoms with Gasteiger partial charge in [-0.25, -0.2) is 0 Å². The van der Waals surface area contributed by atoms with Crippen molar-refractivity contribution in [1.82, 2.24) is 4.98 Å². The lowest BCUT2D eigenvalue weighted by molar-refractivity contribution is 0.412. The van der Waals surface area contributed by atoms with Crippen LogP contribution in [0.4, 0.5) is 0 Å². The first-order chi connectivity index (χ1) is 6.43. The number of hydrogen-bond donors (Lipinski definition) is 1. The van der Waals surface area contributed by atoms with E-state index in [1.807, 2.05) is 0 Å². The Morgan fingerprint density at radius 1 is 1.08 bits per heavy atom. The molecule has 1 N–H and O–H groups in total. The van der Waals surface area contributed by atoms with Crippen LogP contribution < -0.4 is 0 Å². The third-order valence-corrected chi connectivity index (χ3v) is 3.68. The van der Waals surface area contributed by atoms with Crippen molar-refractivity contribution >= 4 is 0 Å². The monoisotopic (exact) mass is 175 g/mol. The molecule has 1 aromatic heterocycles. The van der Waals surface area contributed by atoms with Crippen molar-refractivity contribution in [3.05, 3.63) is 23.0 Å². The first kappa shape index (κ1) is 7.66. The lowest BCUT2D eigenvalue weighted by Crippen LogP contribution is -2.08. The van der Waals surface area contributed by atoms with E-state index in [1.165, 1.54) is 50.6 Å². The summed E-state index contributed by atoms with van der Waals surface area (Å²) in [6.45, 7) is 0. The Morgan fingerprint density at radius 3 is 2.62 bits per heavy atom. The number of rotatable bonds is 1. The second kappa shape index (κ2) is 2.90. The van der Waals surface area contributed by atoms with Crippen molar-refractivity contribution in [1.29, 1.82) is 0 Å². The molecule has 0 aromatic carbocycles. The van der Waals surface area contributed by atoms with Crippen LogP contribution in [-0.2, 0) is 12.8 Å². The highest BCUT2D eigenvalue weighted by atomic mass is 14.7. The van der Waals surface area contributed by atoms with E-state index in [0.29, 0.717) is 0 Å². The van der Waals surface area contributed by atoms with Crippen LogP contribution in [0.25, 0.3) is 0 Å². The summed E-state index contributed by atoms with van der Waals surface area (Å²) in [5.41, 5.74) is 4.71. The maximum absolute atomic E-state index is 3.64. The van der Waals surface area contributed by atoms with E-state index in [9.17, 15) is 0 Å². The van der Waals surface area contributed by atoms with Gasteiger partial charge < -0.3 is 4.98 Å². The zero-order valence-electron chi connectivity index (χ0n) is 8.10. The fourth-order valence-corrected chi connectivity index (χ4v) is 2.57. The van der Waals surface area contributed by atoms with Crippen molar-refractivity contribution in [2.45, 2.75) is 50.9 Å². The molecule has 0 amide bonds. The second-order valence-corrected chi connectivity index (χ2v) is 4.56. The highest BCUT2D eigenvalue weighted by Crippen LogP contribution is 2.37. The first-order valence-electron chi connectivity index (χ1n) is 5.64. The molecule has 0 radical (unpaired) electrons. The summed E-state index contributed by atoms with van der Waals surface area (Å²) in [6, 6.07) is 2.44. The summed E-state index contributed by atoms with van der Waals surface area (Å²) in [7, 11) is 0. The van der Waals surface area contributed by atoms with Crippen LogP contribution in [0, 0.1) is 0 Å². The molecule has 2 aliphatic carbocycles. The normalized spacial score (nSPS) is 22.5. The van der Waals surface area contributed by atoms with E-state index >= 15 is 0 Å². The van der Waals surface area contributed by atoms with Gasteiger partial charge in [-0.3, -0.25) is 0 Å². The highest BCUT2D eigenvalue weighted by molar-refractivity contribution is 5.30. The fourth-order valence-electron chi connectivity index (χ4n) is 2.57. The SMILES string of the molecule is c1c(C2CCC2)[nH]c2c1CCCC2. The Morgan fingerprint density at radius 2 is 1.92 bits per heavy atom. The van der Waals surface area contributed by atoms with E-state index in [2.05, 4.69) is 11.1 Å². The predicted octanol–water partition coefficient (Wildman–Crippen LogP) is 3.16. The third-order valence-electron chi connectivity index (χ3n) is 3.68. The van der Waals surface area contributed by atoms with Gasteiger partial charge in [0.25, 0.3) is 0 Å². The number of hydrogen-bond acceptors (Lipinski definition) is 0. The van der Waals surface area contributed by atoms with E-state index in [4.69, 9.17) is 0 Å². The molecule has 1 saturated carbocycles. The maximum atomic E-state index is 3.64. The zero-order chi connectivity index (χ0) is 8.67. The Bertz CT molecular complexity index is 283. The standard InChI is InChI=1S/C12H17N/c1-2-7-11-10(4-1)8-12(13-11)9-5-3-6-9/h8-9,13H,1-7H2. The fraction of sp³-hybridized carbons (Fsp3) is 0.667. The number of fused-ring (bicyclic) bond motifs is 1. The van der Waals surface area contributed by atoms with E-state index < -0.39 is 0 Å². The van der Waals surface area contributed by atoms with Crippen LogP contribution in [0.2, 0.25) is 0 Å². The van der Waals surface area contributed by atoms with Gasteiger partial charge in [0, 0.05) is 11.4 Å². The zero-order valence-corrected chi connectivity index (χ0v) is 8.10. The Hall–Kier alpha value is -0.720. The summed E-state index contributed by atoms with van der Waals surface area (Å²) in [5, 5.41) is 0. The number of aromatic amines is 1. The van der Waals surface area contributed by atoms with Crippen molar-refractivity contribution < 1.29 is 0 Å². The molecule has 2 aliphatic rings. The second-order valence-electron chi connectivity index (χ2n) is 4.56. The first-order valence-corrected chi connectivity index (χ1v) is 5.64. The molecule has 1 heteroatoms. The van der Waals surface area contributed by atoms with E-state index in [0.717, 1.165) is 5.92 Å². The average Bonchev–Trinajstić information content (AvgIpc) is 2.43. The van der Waals surface area contributed by atoms with Gasteiger partial charge in [-0.2, -0.15) is 0 Å². The van der Waals surface area contributed by atoms with Crippen LogP contribution in [0.15, 0.2) is 6.07 Å². The topological polar surface area (TPSA) is 15.8 Å². The van der Waals surface area contributed by atoms with Crippen LogP contribution in [0.3, 0.4) is 0 Å². The summed E-state index contributed by atoms with van der Waals surface area (Å²) in [5.74, 6) is 0.880. The minimum absolute atomic E-state index is 0.880. The van der Waals surface area contributed by atoms with Crippen LogP contribution >= 0.6 is 0 Å². The number of nitrogens with one attached hydrogen (secondary N) is 1. The molecule has 13 heavy (non-hydrogen) atoms. The summed E-state index contributed by atoms with van der Waals surface area (Å²) in [4.78, 5) is 3.64. The highest BCUT2D eigenvalue weighted by Gasteiger charge is 2.23. The van der Waals surface area contributed by atoms with E-state index in [1.54, 1.807) is 11.3 Å². The van der Waals surface area contributed by atoms with Gasteiger partial charge in [0.05, 0.1) is 0 Å². The molecule has 70 valence electrons. The molecule has 3 rings (SSSR count). The number of aromatic nitrogens is 1. The molecule has 0 atom stereocenters. The van der Waals surface area contributed by atoms with Crippen LogP contribution in [0.1, 0.15) is 55.0 Å². The quantitative estimate of drug-likeness (QED) is 0.674. The predicted molar refractivity (Wildman–Crippen MR) is 54.0 cm³/mol. The summed E-state index contributed by atoms with van der Waals surface area (Å²) in [6.07, 6.45) is 9.67. The van der Waals surface area contributed by atoms with Crippen molar-refractivity contribution in [2.24, 2.45) is 0 Å². The molecule has 0 bridgehead atoms. The molecule has 1 heterocycles. The molecule has 1 aromatic rings. The lowest BCUT2D eigenvalue weighted by atomic mass is 9.83. The average molecular weight is 175 g/mol. The Kier molecular flexibility index (Phi) is 1.71. The summed E-state index contributed by atoms with van der Waals surface area (Å²) < 4.78 is 0. The molecule has 1 fully saturated rings. The van der Waals surface area contributed by atoms with Gasteiger partial charge in [0.2, 0.25) is 0 Å². The van der Waals surface area contributed by atoms with Crippen molar-refractivity contribution in [3.63, 3.8) is 0 Å². The Labute approximate surface area is 79.5 Å². The van der Waals surface area contributed by atoms with Gasteiger partial charge >= 0.3 is 0 Å². The largest absolute Gasteiger partial charge is 0.362 e. The van der Waals surface area contributed by atoms with Crippen LogP contribution in [-0.4, -0.2) is 4.98 Å². The molecule has 0 aliphatic heterocycles. The van der Waals surface area contributed by atoms with Gasteiger partial charge in [0.1, 0.15) is 0 Å². The Balaban J connectivity index is 1.90. The molecule has 0 spiro atoms.